The molecule has 0 atom stereocenters. The number of hydrogen-bond donors (Lipinski definition) is 1. The van der Waals surface area contributed by atoms with Gasteiger partial charge >= 0.3 is 12.1 Å². The van der Waals surface area contributed by atoms with Gasteiger partial charge in [0.2, 0.25) is 0 Å². The van der Waals surface area contributed by atoms with Crippen LogP contribution >= 0.6 is 0 Å². The van der Waals surface area contributed by atoms with Gasteiger partial charge in [0, 0.05) is 0 Å². The zero-order chi connectivity index (χ0) is 15.6. The van der Waals surface area contributed by atoms with Gasteiger partial charge < -0.3 is 20.0 Å². The SMILES string of the molecule is C[NH2+]CC(=O)OCc1ccccc1.O=C([O-])C(F)(F)F. The molecule has 0 aliphatic carbocycles. The van der Waals surface area contributed by atoms with Gasteiger partial charge in [0.25, 0.3) is 0 Å². The number of rotatable bonds is 4. The smallest absolute Gasteiger partial charge is 0.430 e. The Morgan fingerprint density at radius 2 is 1.75 bits per heavy atom. The van der Waals surface area contributed by atoms with Crippen LogP contribution in [-0.2, 0) is 20.9 Å². The summed E-state index contributed by atoms with van der Waals surface area (Å²) in [5, 5.41) is 10.6. The van der Waals surface area contributed by atoms with Crippen LogP contribution in [0.3, 0.4) is 0 Å². The molecule has 0 fully saturated rings. The average molecular weight is 293 g/mol. The monoisotopic (exact) mass is 293 g/mol. The van der Waals surface area contributed by atoms with Gasteiger partial charge in [-0.15, -0.1) is 0 Å². The average Bonchev–Trinajstić information content (AvgIpc) is 2.37. The Balaban J connectivity index is 0.000000441. The fourth-order valence-corrected chi connectivity index (χ4v) is 0.964. The maximum atomic E-state index is 11.0. The van der Waals surface area contributed by atoms with Gasteiger partial charge in [0.1, 0.15) is 12.6 Å². The van der Waals surface area contributed by atoms with Crippen LogP contribution in [0.2, 0.25) is 0 Å². The number of nitrogens with two attached hydrogens (primary N) is 1. The van der Waals surface area contributed by atoms with Crippen molar-refractivity contribution >= 4 is 11.9 Å². The Hall–Kier alpha value is -2.09. The third-order valence-corrected chi connectivity index (χ3v) is 1.84. The second kappa shape index (κ2) is 8.92. The first-order valence-corrected chi connectivity index (χ1v) is 5.53. The van der Waals surface area contributed by atoms with Crippen LogP contribution in [0.1, 0.15) is 5.56 Å². The lowest BCUT2D eigenvalue weighted by Crippen LogP contribution is -2.81. The van der Waals surface area contributed by atoms with Crippen molar-refractivity contribution in [3.8, 4) is 0 Å². The van der Waals surface area contributed by atoms with Gasteiger partial charge in [-0.1, -0.05) is 30.3 Å². The van der Waals surface area contributed by atoms with Crippen molar-refractivity contribution in [2.75, 3.05) is 13.6 Å². The third-order valence-electron chi connectivity index (χ3n) is 1.84. The molecule has 0 aliphatic rings. The van der Waals surface area contributed by atoms with Gasteiger partial charge in [-0.05, 0) is 5.56 Å². The number of carbonyl (C=O) groups is 2. The van der Waals surface area contributed by atoms with Crippen LogP contribution in [0, 0.1) is 0 Å². The summed E-state index contributed by atoms with van der Waals surface area (Å²) in [4.78, 5) is 19.7. The van der Waals surface area contributed by atoms with Crippen molar-refractivity contribution in [1.29, 1.82) is 0 Å². The van der Waals surface area contributed by atoms with Crippen LogP contribution in [0.5, 0.6) is 0 Å². The lowest BCUT2D eigenvalue weighted by Gasteiger charge is -2.03. The van der Waals surface area contributed by atoms with Crippen molar-refractivity contribution in [2.24, 2.45) is 0 Å². The number of aliphatic carboxylic acids is 1. The quantitative estimate of drug-likeness (QED) is 0.738. The lowest BCUT2D eigenvalue weighted by molar-refractivity contribution is -0.617. The van der Waals surface area contributed by atoms with Gasteiger partial charge in [-0.3, -0.25) is 0 Å². The van der Waals surface area contributed by atoms with Crippen LogP contribution < -0.4 is 10.4 Å². The molecule has 5 nitrogen and oxygen atoms in total. The molecule has 0 saturated carbocycles. The number of halogens is 3. The molecule has 1 rings (SSSR count). The summed E-state index contributed by atoms with van der Waals surface area (Å²) in [5.41, 5.74) is 1.02. The minimum Gasteiger partial charge on any atom is -0.542 e. The lowest BCUT2D eigenvalue weighted by atomic mass is 10.2. The van der Waals surface area contributed by atoms with Gasteiger partial charge in [0.05, 0.1) is 7.05 Å². The maximum absolute atomic E-state index is 11.0. The number of carboxylic acids is 1. The van der Waals surface area contributed by atoms with Crippen molar-refractivity contribution in [2.45, 2.75) is 12.8 Å². The van der Waals surface area contributed by atoms with E-state index in [2.05, 4.69) is 0 Å². The molecule has 112 valence electrons. The molecule has 1 aromatic rings. The Bertz CT molecular complexity index is 420. The number of alkyl halides is 3. The van der Waals surface area contributed by atoms with E-state index in [1.165, 1.54) is 0 Å². The summed E-state index contributed by atoms with van der Waals surface area (Å²) >= 11 is 0. The molecule has 0 bridgehead atoms. The molecule has 2 N–H and O–H groups in total. The third kappa shape index (κ3) is 8.92. The first-order valence-electron chi connectivity index (χ1n) is 5.53. The molecule has 0 saturated heterocycles. The zero-order valence-corrected chi connectivity index (χ0v) is 10.6. The Labute approximate surface area is 113 Å². The van der Waals surface area contributed by atoms with E-state index < -0.39 is 12.1 Å². The standard InChI is InChI=1S/C10H13NO2.C2HF3O2/c1-11-7-10(12)13-8-9-5-3-2-4-6-9;3-2(4,5)1(6)7/h2-6,11H,7-8H2,1H3;(H,6,7). The van der Waals surface area contributed by atoms with E-state index in [9.17, 15) is 18.0 Å². The van der Waals surface area contributed by atoms with Crippen LogP contribution in [0.4, 0.5) is 13.2 Å². The Morgan fingerprint density at radius 3 is 2.15 bits per heavy atom. The summed E-state index contributed by atoms with van der Waals surface area (Å²) in [5.74, 6) is -3.18. The summed E-state index contributed by atoms with van der Waals surface area (Å²) in [6.45, 7) is 0.750. The minimum atomic E-state index is -5.19. The van der Waals surface area contributed by atoms with Crippen molar-refractivity contribution in [3.63, 3.8) is 0 Å². The second-order valence-electron chi connectivity index (χ2n) is 3.54. The van der Waals surface area contributed by atoms with Gasteiger partial charge in [0.15, 0.2) is 6.54 Å². The number of ether oxygens (including phenoxy) is 1. The van der Waals surface area contributed by atoms with Crippen LogP contribution in [0.25, 0.3) is 0 Å². The highest BCUT2D eigenvalue weighted by molar-refractivity contribution is 5.70. The number of benzene rings is 1. The predicted octanol–water partition coefficient (Wildman–Crippen LogP) is -0.778. The molecule has 8 heteroatoms. The Kier molecular flexibility index (Phi) is 7.98. The van der Waals surface area contributed by atoms with E-state index in [0.717, 1.165) is 5.56 Å². The van der Waals surface area contributed by atoms with E-state index in [0.29, 0.717) is 13.2 Å². The van der Waals surface area contributed by atoms with E-state index in [1.807, 2.05) is 37.4 Å². The highest BCUT2D eigenvalue weighted by Crippen LogP contribution is 2.11. The molecular weight excluding hydrogens is 279 g/mol. The summed E-state index contributed by atoms with van der Waals surface area (Å²) < 4.78 is 36.5. The first kappa shape index (κ1) is 17.9. The second-order valence-corrected chi connectivity index (χ2v) is 3.54. The van der Waals surface area contributed by atoms with Crippen molar-refractivity contribution < 1.29 is 37.9 Å². The fraction of sp³-hybridized carbons (Fsp3) is 0.333. The fourth-order valence-electron chi connectivity index (χ4n) is 0.964. The first-order chi connectivity index (χ1) is 9.27. The predicted molar refractivity (Wildman–Crippen MR) is 60.0 cm³/mol. The number of carbonyl (C=O) groups excluding carboxylic acids is 2. The molecule has 0 unspecified atom stereocenters. The molecule has 1 aromatic carbocycles. The summed E-state index contributed by atoms with van der Waals surface area (Å²) in [6.07, 6.45) is -5.19. The molecule has 0 spiro atoms. The van der Waals surface area contributed by atoms with E-state index >= 15 is 0 Å². The molecule has 20 heavy (non-hydrogen) atoms. The summed E-state index contributed by atoms with van der Waals surface area (Å²) in [6, 6.07) is 9.65. The maximum Gasteiger partial charge on any atom is 0.430 e. The number of carboxylic acid groups (broad SMARTS) is 1. The topological polar surface area (TPSA) is 83.0 Å². The minimum absolute atomic E-state index is 0.175. The van der Waals surface area contributed by atoms with E-state index in [-0.39, 0.29) is 5.97 Å². The molecule has 0 radical (unpaired) electrons. The van der Waals surface area contributed by atoms with E-state index in [1.54, 1.807) is 5.32 Å². The normalized spacial score (nSPS) is 10.2. The van der Waals surface area contributed by atoms with Crippen molar-refractivity contribution in [1.82, 2.24) is 0 Å². The van der Waals surface area contributed by atoms with Crippen LogP contribution in [0.15, 0.2) is 30.3 Å². The number of quaternary nitrogens is 1. The molecular formula is C12H14F3NO4. The zero-order valence-electron chi connectivity index (χ0n) is 10.6. The number of likely N-dealkylation sites (N-methyl/N-ethyl adjacent to an activating group) is 1. The van der Waals surface area contributed by atoms with E-state index in [4.69, 9.17) is 14.6 Å². The van der Waals surface area contributed by atoms with Crippen LogP contribution in [-0.4, -0.2) is 31.7 Å². The molecule has 0 aliphatic heterocycles. The highest BCUT2D eigenvalue weighted by atomic mass is 19.4. The molecule has 0 amide bonds. The molecule has 0 heterocycles. The van der Waals surface area contributed by atoms with Gasteiger partial charge in [-0.25, -0.2) is 4.79 Å². The summed E-state index contributed by atoms with van der Waals surface area (Å²) in [7, 11) is 1.84. The highest BCUT2D eigenvalue weighted by Gasteiger charge is 2.28. The molecule has 0 aromatic heterocycles. The van der Waals surface area contributed by atoms with Crippen molar-refractivity contribution in [3.05, 3.63) is 35.9 Å². The largest absolute Gasteiger partial charge is 0.542 e. The number of esters is 1. The van der Waals surface area contributed by atoms with Gasteiger partial charge in [-0.2, -0.15) is 13.2 Å². The number of hydrogen-bond acceptors (Lipinski definition) is 4. The Morgan fingerprint density at radius 1 is 1.25 bits per heavy atom.